The van der Waals surface area contributed by atoms with Crippen LogP contribution in [0.15, 0.2) is 53.4 Å². The molecule has 8 heteroatoms. The highest BCUT2D eigenvalue weighted by Gasteiger charge is 2.45. The van der Waals surface area contributed by atoms with E-state index in [1.165, 1.54) is 6.07 Å². The number of amides is 1. The SMILES string of the molecule is CCS(=O)(=O)c1ccccc1Oc1ccc(NC(=O)C2(N)CC2)cc1.Cl. The average Bonchev–Trinajstić information content (AvgIpc) is 3.36. The number of hydrogen-bond acceptors (Lipinski definition) is 5. The lowest BCUT2D eigenvalue weighted by Gasteiger charge is -2.12. The summed E-state index contributed by atoms with van der Waals surface area (Å²) in [7, 11) is -3.38. The molecular formula is C18H21ClN2O4S. The molecule has 3 N–H and O–H groups in total. The lowest BCUT2D eigenvalue weighted by Crippen LogP contribution is -2.37. The number of anilines is 1. The van der Waals surface area contributed by atoms with Gasteiger partial charge in [0.25, 0.3) is 0 Å². The molecule has 2 aromatic rings. The van der Waals surface area contributed by atoms with E-state index in [9.17, 15) is 13.2 Å². The van der Waals surface area contributed by atoms with E-state index in [-0.39, 0.29) is 34.7 Å². The highest BCUT2D eigenvalue weighted by atomic mass is 35.5. The molecule has 1 aliphatic carbocycles. The van der Waals surface area contributed by atoms with Crippen molar-refractivity contribution >= 4 is 33.8 Å². The Hall–Kier alpha value is -2.09. The number of halogens is 1. The molecular weight excluding hydrogens is 376 g/mol. The van der Waals surface area contributed by atoms with Crippen LogP contribution in [-0.2, 0) is 14.6 Å². The molecule has 0 aliphatic heterocycles. The maximum atomic E-state index is 12.1. The summed E-state index contributed by atoms with van der Waals surface area (Å²) in [6.45, 7) is 1.59. The van der Waals surface area contributed by atoms with Crippen LogP contribution in [-0.4, -0.2) is 25.6 Å². The number of nitrogens with one attached hydrogen (secondary N) is 1. The predicted molar refractivity (Wildman–Crippen MR) is 103 cm³/mol. The third-order valence-corrected chi connectivity index (χ3v) is 5.91. The first kappa shape index (κ1) is 20.2. The second-order valence-corrected chi connectivity index (χ2v) is 8.33. The van der Waals surface area contributed by atoms with Gasteiger partial charge >= 0.3 is 0 Å². The minimum atomic E-state index is -3.38. The van der Waals surface area contributed by atoms with E-state index >= 15 is 0 Å². The molecule has 3 rings (SSSR count). The highest BCUT2D eigenvalue weighted by molar-refractivity contribution is 7.91. The van der Waals surface area contributed by atoms with Crippen molar-refractivity contribution in [3.05, 3.63) is 48.5 Å². The Morgan fingerprint density at radius 1 is 1.15 bits per heavy atom. The molecule has 140 valence electrons. The van der Waals surface area contributed by atoms with Gasteiger partial charge in [0.2, 0.25) is 5.91 Å². The van der Waals surface area contributed by atoms with Crippen LogP contribution in [0.2, 0.25) is 0 Å². The number of para-hydroxylation sites is 1. The van der Waals surface area contributed by atoms with Gasteiger partial charge in [-0.25, -0.2) is 8.42 Å². The Balaban J connectivity index is 0.00000243. The summed E-state index contributed by atoms with van der Waals surface area (Å²) in [5.41, 5.74) is 5.73. The Morgan fingerprint density at radius 3 is 2.35 bits per heavy atom. The number of ether oxygens (including phenoxy) is 1. The molecule has 1 aliphatic rings. The molecule has 0 bridgehead atoms. The van der Waals surface area contributed by atoms with Crippen LogP contribution in [0.5, 0.6) is 11.5 Å². The normalized spacial score (nSPS) is 14.8. The summed E-state index contributed by atoms with van der Waals surface area (Å²) in [5, 5.41) is 2.76. The number of carbonyl (C=O) groups is 1. The van der Waals surface area contributed by atoms with Crippen molar-refractivity contribution in [2.75, 3.05) is 11.1 Å². The van der Waals surface area contributed by atoms with Crippen LogP contribution < -0.4 is 15.8 Å². The van der Waals surface area contributed by atoms with Crippen molar-refractivity contribution in [3.63, 3.8) is 0 Å². The fourth-order valence-electron chi connectivity index (χ4n) is 2.30. The summed E-state index contributed by atoms with van der Waals surface area (Å²) in [6, 6.07) is 13.2. The molecule has 0 unspecified atom stereocenters. The maximum Gasteiger partial charge on any atom is 0.244 e. The second-order valence-electron chi connectivity index (χ2n) is 6.09. The summed E-state index contributed by atoms with van der Waals surface area (Å²) >= 11 is 0. The molecule has 0 spiro atoms. The van der Waals surface area contributed by atoms with Gasteiger partial charge in [-0.15, -0.1) is 12.4 Å². The summed E-state index contributed by atoms with van der Waals surface area (Å²) < 4.78 is 30.0. The summed E-state index contributed by atoms with van der Waals surface area (Å²) in [5.74, 6) is 0.560. The topological polar surface area (TPSA) is 98.5 Å². The zero-order valence-electron chi connectivity index (χ0n) is 14.3. The second kappa shape index (κ2) is 7.65. The number of benzene rings is 2. The average molecular weight is 397 g/mol. The smallest absolute Gasteiger partial charge is 0.244 e. The molecule has 1 saturated carbocycles. The van der Waals surface area contributed by atoms with E-state index in [1.54, 1.807) is 49.4 Å². The van der Waals surface area contributed by atoms with Crippen LogP contribution >= 0.6 is 12.4 Å². The zero-order valence-corrected chi connectivity index (χ0v) is 15.9. The third-order valence-electron chi connectivity index (χ3n) is 4.15. The van der Waals surface area contributed by atoms with Crippen molar-refractivity contribution in [2.24, 2.45) is 5.73 Å². The number of hydrogen-bond donors (Lipinski definition) is 2. The van der Waals surface area contributed by atoms with E-state index in [1.807, 2.05) is 0 Å². The fourth-order valence-corrected chi connectivity index (χ4v) is 3.31. The van der Waals surface area contributed by atoms with E-state index in [4.69, 9.17) is 10.5 Å². The van der Waals surface area contributed by atoms with Gasteiger partial charge in [0, 0.05) is 5.69 Å². The third kappa shape index (κ3) is 4.35. The van der Waals surface area contributed by atoms with Crippen LogP contribution in [0, 0.1) is 0 Å². The Labute approximate surface area is 159 Å². The van der Waals surface area contributed by atoms with Crippen LogP contribution in [0.3, 0.4) is 0 Å². The van der Waals surface area contributed by atoms with Crippen molar-refractivity contribution in [2.45, 2.75) is 30.2 Å². The Morgan fingerprint density at radius 2 is 1.77 bits per heavy atom. The predicted octanol–water partition coefficient (Wildman–Crippen LogP) is 3.12. The molecule has 6 nitrogen and oxygen atoms in total. The van der Waals surface area contributed by atoms with Gasteiger partial charge in [-0.2, -0.15) is 0 Å². The molecule has 0 heterocycles. The van der Waals surface area contributed by atoms with Gasteiger partial charge in [-0.05, 0) is 49.2 Å². The fraction of sp³-hybridized carbons (Fsp3) is 0.278. The van der Waals surface area contributed by atoms with Crippen molar-refractivity contribution in [1.29, 1.82) is 0 Å². The molecule has 2 aromatic carbocycles. The molecule has 0 saturated heterocycles. The molecule has 0 aromatic heterocycles. The monoisotopic (exact) mass is 396 g/mol. The van der Waals surface area contributed by atoms with Gasteiger partial charge < -0.3 is 15.8 Å². The first-order valence-electron chi connectivity index (χ1n) is 8.04. The summed E-state index contributed by atoms with van der Waals surface area (Å²) in [6.07, 6.45) is 1.39. The number of sulfone groups is 1. The Kier molecular flexibility index (Phi) is 5.95. The molecule has 26 heavy (non-hydrogen) atoms. The lowest BCUT2D eigenvalue weighted by molar-refractivity contribution is -0.118. The first-order valence-corrected chi connectivity index (χ1v) is 9.69. The van der Waals surface area contributed by atoms with Crippen LogP contribution in [0.4, 0.5) is 5.69 Å². The van der Waals surface area contributed by atoms with E-state index in [0.29, 0.717) is 24.3 Å². The Bertz CT molecular complexity index is 894. The highest BCUT2D eigenvalue weighted by Crippen LogP contribution is 2.34. The molecule has 1 amide bonds. The van der Waals surface area contributed by atoms with Gasteiger partial charge in [-0.1, -0.05) is 19.1 Å². The standard InChI is InChI=1S/C18H20N2O4S.ClH/c1-2-25(22,23)16-6-4-3-5-15(16)24-14-9-7-13(8-10-14)20-17(21)18(19)11-12-18;/h3-10H,2,11-12,19H2,1H3,(H,20,21);1H. The van der Waals surface area contributed by atoms with E-state index in [0.717, 1.165) is 0 Å². The first-order chi connectivity index (χ1) is 11.8. The largest absolute Gasteiger partial charge is 0.456 e. The van der Waals surface area contributed by atoms with Crippen molar-refractivity contribution in [3.8, 4) is 11.5 Å². The van der Waals surface area contributed by atoms with Gasteiger partial charge in [0.05, 0.1) is 11.3 Å². The number of rotatable bonds is 6. The molecule has 0 radical (unpaired) electrons. The zero-order chi connectivity index (χ0) is 18.1. The maximum absolute atomic E-state index is 12.1. The van der Waals surface area contributed by atoms with Crippen molar-refractivity contribution in [1.82, 2.24) is 0 Å². The van der Waals surface area contributed by atoms with Gasteiger partial charge in [0.15, 0.2) is 9.84 Å². The lowest BCUT2D eigenvalue weighted by atomic mass is 10.2. The minimum Gasteiger partial charge on any atom is -0.456 e. The summed E-state index contributed by atoms with van der Waals surface area (Å²) in [4.78, 5) is 12.1. The molecule has 0 atom stereocenters. The van der Waals surface area contributed by atoms with Crippen LogP contribution in [0.25, 0.3) is 0 Å². The van der Waals surface area contributed by atoms with Crippen molar-refractivity contribution < 1.29 is 17.9 Å². The number of carbonyl (C=O) groups excluding carboxylic acids is 1. The van der Waals surface area contributed by atoms with Crippen LogP contribution in [0.1, 0.15) is 19.8 Å². The quantitative estimate of drug-likeness (QED) is 0.781. The van der Waals surface area contributed by atoms with Gasteiger partial charge in [0.1, 0.15) is 16.4 Å². The molecule has 1 fully saturated rings. The minimum absolute atomic E-state index is 0. The van der Waals surface area contributed by atoms with E-state index in [2.05, 4.69) is 5.32 Å². The number of nitrogens with two attached hydrogens (primary N) is 1. The van der Waals surface area contributed by atoms with Gasteiger partial charge in [-0.3, -0.25) is 4.79 Å². The van der Waals surface area contributed by atoms with E-state index < -0.39 is 15.4 Å².